The Kier molecular flexibility index (Phi) is 7.41. The van der Waals surface area contributed by atoms with Crippen LogP contribution in [0.5, 0.6) is 11.5 Å². The Balaban J connectivity index is 2.33. The third kappa shape index (κ3) is 5.02. The van der Waals surface area contributed by atoms with Gasteiger partial charge in [0, 0.05) is 5.54 Å². The molecule has 0 bridgehead atoms. The fraction of sp³-hybridized carbons (Fsp3) is 0.625. The summed E-state index contributed by atoms with van der Waals surface area (Å²) >= 11 is 0. The SMILES string of the molecule is CCOc1ccc(OCCCC(CC)(CO)NC)cc1. The summed E-state index contributed by atoms with van der Waals surface area (Å²) in [5, 5.41) is 12.7. The van der Waals surface area contributed by atoms with Gasteiger partial charge in [-0.15, -0.1) is 0 Å². The molecular weight excluding hydrogens is 254 g/mol. The molecule has 20 heavy (non-hydrogen) atoms. The standard InChI is InChI=1S/C16H27NO3/c1-4-16(13-18,17-3)11-6-12-20-15-9-7-14(8-10-15)19-5-2/h7-10,17-18H,4-6,11-13H2,1-3H3. The minimum Gasteiger partial charge on any atom is -0.494 e. The van der Waals surface area contributed by atoms with Crippen LogP contribution in [0.15, 0.2) is 24.3 Å². The summed E-state index contributed by atoms with van der Waals surface area (Å²) in [6.45, 7) is 5.53. The van der Waals surface area contributed by atoms with Crippen LogP contribution >= 0.6 is 0 Å². The molecule has 1 unspecified atom stereocenters. The zero-order valence-corrected chi connectivity index (χ0v) is 12.8. The highest BCUT2D eigenvalue weighted by Crippen LogP contribution is 2.19. The summed E-state index contributed by atoms with van der Waals surface area (Å²) in [4.78, 5) is 0. The first-order valence-electron chi connectivity index (χ1n) is 7.35. The zero-order valence-electron chi connectivity index (χ0n) is 12.8. The highest BCUT2D eigenvalue weighted by molar-refractivity contribution is 5.31. The third-order valence-corrected chi connectivity index (χ3v) is 3.71. The van der Waals surface area contributed by atoms with Gasteiger partial charge in [-0.3, -0.25) is 0 Å². The van der Waals surface area contributed by atoms with E-state index in [1.165, 1.54) is 0 Å². The lowest BCUT2D eigenvalue weighted by molar-refractivity contribution is 0.145. The lowest BCUT2D eigenvalue weighted by atomic mass is 9.92. The van der Waals surface area contributed by atoms with Crippen LogP contribution in [0.2, 0.25) is 0 Å². The molecule has 0 saturated heterocycles. The molecule has 2 N–H and O–H groups in total. The molecular formula is C16H27NO3. The summed E-state index contributed by atoms with van der Waals surface area (Å²) in [5.74, 6) is 1.71. The van der Waals surface area contributed by atoms with E-state index < -0.39 is 0 Å². The molecule has 1 atom stereocenters. The minimum absolute atomic E-state index is 0.156. The van der Waals surface area contributed by atoms with E-state index in [1.807, 2.05) is 38.2 Å². The highest BCUT2D eigenvalue weighted by atomic mass is 16.5. The molecule has 0 aliphatic carbocycles. The van der Waals surface area contributed by atoms with Crippen LogP contribution in [0, 0.1) is 0 Å². The number of hydrogen-bond donors (Lipinski definition) is 2. The fourth-order valence-corrected chi connectivity index (χ4v) is 2.15. The molecule has 1 rings (SSSR count). The van der Waals surface area contributed by atoms with Crippen LogP contribution in [0.1, 0.15) is 33.1 Å². The first-order chi connectivity index (χ1) is 9.69. The first-order valence-corrected chi connectivity index (χ1v) is 7.35. The maximum absolute atomic E-state index is 9.46. The lowest BCUT2D eigenvalue weighted by Gasteiger charge is -2.30. The number of likely N-dealkylation sites (N-methyl/N-ethyl adjacent to an activating group) is 1. The van der Waals surface area contributed by atoms with Crippen LogP contribution in [-0.2, 0) is 0 Å². The van der Waals surface area contributed by atoms with E-state index in [0.29, 0.717) is 13.2 Å². The topological polar surface area (TPSA) is 50.7 Å². The molecule has 0 aliphatic heterocycles. The quantitative estimate of drug-likeness (QED) is 0.647. The van der Waals surface area contributed by atoms with Gasteiger partial charge in [0.1, 0.15) is 11.5 Å². The van der Waals surface area contributed by atoms with E-state index in [1.54, 1.807) is 0 Å². The second-order valence-corrected chi connectivity index (χ2v) is 4.90. The van der Waals surface area contributed by atoms with Crippen LogP contribution in [-0.4, -0.2) is 37.5 Å². The monoisotopic (exact) mass is 281 g/mol. The molecule has 0 aliphatic rings. The number of aliphatic hydroxyl groups excluding tert-OH is 1. The van der Waals surface area contributed by atoms with Gasteiger partial charge >= 0.3 is 0 Å². The number of rotatable bonds is 10. The van der Waals surface area contributed by atoms with E-state index in [4.69, 9.17) is 9.47 Å². The smallest absolute Gasteiger partial charge is 0.119 e. The maximum atomic E-state index is 9.46. The molecule has 1 aromatic carbocycles. The van der Waals surface area contributed by atoms with Crippen LogP contribution in [0.3, 0.4) is 0 Å². The summed E-state index contributed by atoms with van der Waals surface area (Å²) in [6.07, 6.45) is 2.71. The van der Waals surface area contributed by atoms with Gasteiger partial charge in [-0.2, -0.15) is 0 Å². The Morgan fingerprint density at radius 3 is 2.15 bits per heavy atom. The Morgan fingerprint density at radius 1 is 1.10 bits per heavy atom. The molecule has 0 aromatic heterocycles. The summed E-state index contributed by atoms with van der Waals surface area (Å²) in [7, 11) is 1.90. The van der Waals surface area contributed by atoms with Crippen molar-refractivity contribution in [2.24, 2.45) is 0 Å². The van der Waals surface area contributed by atoms with Crippen molar-refractivity contribution in [3.8, 4) is 11.5 Å². The van der Waals surface area contributed by atoms with Crippen molar-refractivity contribution in [3.63, 3.8) is 0 Å². The maximum Gasteiger partial charge on any atom is 0.119 e. The summed E-state index contributed by atoms with van der Waals surface area (Å²) in [5.41, 5.74) is -0.178. The van der Waals surface area contributed by atoms with Gasteiger partial charge < -0.3 is 19.9 Å². The molecule has 0 heterocycles. The molecule has 0 fully saturated rings. The Labute approximate surface area is 122 Å². The average molecular weight is 281 g/mol. The van der Waals surface area contributed by atoms with Gasteiger partial charge in [-0.1, -0.05) is 6.92 Å². The Bertz CT molecular complexity index is 352. The molecule has 0 radical (unpaired) electrons. The van der Waals surface area contributed by atoms with Gasteiger partial charge in [-0.25, -0.2) is 0 Å². The van der Waals surface area contributed by atoms with Gasteiger partial charge in [0.2, 0.25) is 0 Å². The van der Waals surface area contributed by atoms with E-state index in [-0.39, 0.29) is 12.1 Å². The summed E-state index contributed by atoms with van der Waals surface area (Å²) in [6, 6.07) is 7.66. The van der Waals surface area contributed by atoms with Gasteiger partial charge in [0.15, 0.2) is 0 Å². The molecule has 0 saturated carbocycles. The second-order valence-electron chi connectivity index (χ2n) is 4.90. The third-order valence-electron chi connectivity index (χ3n) is 3.71. The van der Waals surface area contributed by atoms with Crippen molar-refractivity contribution in [2.75, 3.05) is 26.9 Å². The van der Waals surface area contributed by atoms with Crippen LogP contribution in [0.25, 0.3) is 0 Å². The zero-order chi connectivity index (χ0) is 14.8. The molecule has 0 spiro atoms. The molecule has 4 heteroatoms. The van der Waals surface area contributed by atoms with Gasteiger partial charge in [0.25, 0.3) is 0 Å². The largest absolute Gasteiger partial charge is 0.494 e. The number of hydrogen-bond acceptors (Lipinski definition) is 4. The van der Waals surface area contributed by atoms with Gasteiger partial charge in [-0.05, 0) is 57.5 Å². The molecule has 1 aromatic rings. The lowest BCUT2D eigenvalue weighted by Crippen LogP contribution is -2.46. The number of aliphatic hydroxyl groups is 1. The van der Waals surface area contributed by atoms with E-state index in [9.17, 15) is 5.11 Å². The average Bonchev–Trinajstić information content (AvgIpc) is 2.50. The number of nitrogens with one attached hydrogen (secondary N) is 1. The predicted molar refractivity (Wildman–Crippen MR) is 81.5 cm³/mol. The van der Waals surface area contributed by atoms with Gasteiger partial charge in [0.05, 0.1) is 19.8 Å². The molecule has 0 amide bonds. The second kappa shape index (κ2) is 8.82. The van der Waals surface area contributed by atoms with E-state index in [0.717, 1.165) is 30.8 Å². The Hall–Kier alpha value is -1.26. The van der Waals surface area contributed by atoms with Crippen LogP contribution in [0.4, 0.5) is 0 Å². The van der Waals surface area contributed by atoms with Crippen molar-refractivity contribution in [2.45, 2.75) is 38.6 Å². The number of ether oxygens (including phenoxy) is 2. The van der Waals surface area contributed by atoms with E-state index in [2.05, 4.69) is 12.2 Å². The predicted octanol–water partition coefficient (Wildman–Crippen LogP) is 2.60. The van der Waals surface area contributed by atoms with Crippen molar-refractivity contribution in [3.05, 3.63) is 24.3 Å². The minimum atomic E-state index is -0.178. The molecule has 4 nitrogen and oxygen atoms in total. The van der Waals surface area contributed by atoms with Crippen LogP contribution < -0.4 is 14.8 Å². The Morgan fingerprint density at radius 2 is 1.70 bits per heavy atom. The molecule has 114 valence electrons. The van der Waals surface area contributed by atoms with Crippen molar-refractivity contribution in [1.82, 2.24) is 5.32 Å². The van der Waals surface area contributed by atoms with Crippen molar-refractivity contribution in [1.29, 1.82) is 0 Å². The van der Waals surface area contributed by atoms with E-state index >= 15 is 0 Å². The first kappa shape index (κ1) is 16.8. The van der Waals surface area contributed by atoms with Crippen molar-refractivity contribution < 1.29 is 14.6 Å². The number of benzene rings is 1. The fourth-order valence-electron chi connectivity index (χ4n) is 2.15. The summed E-state index contributed by atoms with van der Waals surface area (Å²) < 4.78 is 11.1. The highest BCUT2D eigenvalue weighted by Gasteiger charge is 2.24. The van der Waals surface area contributed by atoms with Crippen molar-refractivity contribution >= 4 is 0 Å². The normalized spacial score (nSPS) is 13.8.